The van der Waals surface area contributed by atoms with E-state index in [4.69, 9.17) is 5.73 Å². The lowest BCUT2D eigenvalue weighted by Gasteiger charge is -2.16. The minimum Gasteiger partial charge on any atom is -0.324 e. The van der Waals surface area contributed by atoms with E-state index >= 15 is 0 Å². The molecule has 0 fully saturated rings. The van der Waals surface area contributed by atoms with Crippen molar-refractivity contribution >= 4 is 0 Å². The summed E-state index contributed by atoms with van der Waals surface area (Å²) in [6.07, 6.45) is 1.90. The SMILES string of the molecule is C=C(CC)CC(N)c1cccc(C)c1C. The Morgan fingerprint density at radius 2 is 2.07 bits per heavy atom. The second kappa shape index (κ2) is 5.13. The monoisotopic (exact) mass is 203 g/mol. The second-order valence-corrected chi connectivity index (χ2v) is 4.20. The lowest BCUT2D eigenvalue weighted by molar-refractivity contribution is 0.696. The van der Waals surface area contributed by atoms with Gasteiger partial charge in [0, 0.05) is 6.04 Å². The molecule has 0 bridgehead atoms. The molecule has 0 amide bonds. The number of hydrogen-bond donors (Lipinski definition) is 1. The Morgan fingerprint density at radius 1 is 1.40 bits per heavy atom. The van der Waals surface area contributed by atoms with Crippen LogP contribution in [0.4, 0.5) is 0 Å². The van der Waals surface area contributed by atoms with Gasteiger partial charge in [0.05, 0.1) is 0 Å². The summed E-state index contributed by atoms with van der Waals surface area (Å²) in [5.41, 5.74) is 11.3. The zero-order valence-corrected chi connectivity index (χ0v) is 10.0. The highest BCUT2D eigenvalue weighted by Crippen LogP contribution is 2.24. The summed E-state index contributed by atoms with van der Waals surface area (Å²) < 4.78 is 0. The van der Waals surface area contributed by atoms with Crippen LogP contribution in [0.5, 0.6) is 0 Å². The van der Waals surface area contributed by atoms with E-state index in [1.165, 1.54) is 22.3 Å². The molecule has 1 atom stereocenters. The first-order valence-electron chi connectivity index (χ1n) is 5.54. The lowest BCUT2D eigenvalue weighted by atomic mass is 9.93. The molecule has 0 heterocycles. The molecule has 1 aromatic rings. The average Bonchev–Trinajstić information content (AvgIpc) is 2.21. The first-order chi connectivity index (χ1) is 7.06. The van der Waals surface area contributed by atoms with Crippen molar-refractivity contribution in [3.05, 3.63) is 47.0 Å². The summed E-state index contributed by atoms with van der Waals surface area (Å²) in [7, 11) is 0. The van der Waals surface area contributed by atoms with Crippen LogP contribution in [-0.4, -0.2) is 0 Å². The quantitative estimate of drug-likeness (QED) is 0.742. The van der Waals surface area contributed by atoms with Crippen molar-refractivity contribution in [2.45, 2.75) is 39.7 Å². The molecule has 0 saturated carbocycles. The fraction of sp³-hybridized carbons (Fsp3) is 0.429. The van der Waals surface area contributed by atoms with Gasteiger partial charge in [-0.1, -0.05) is 37.3 Å². The van der Waals surface area contributed by atoms with Crippen molar-refractivity contribution in [1.82, 2.24) is 0 Å². The van der Waals surface area contributed by atoms with Gasteiger partial charge in [0.25, 0.3) is 0 Å². The molecule has 1 heteroatoms. The van der Waals surface area contributed by atoms with E-state index in [1.807, 2.05) is 0 Å². The van der Waals surface area contributed by atoms with Crippen molar-refractivity contribution in [3.8, 4) is 0 Å². The van der Waals surface area contributed by atoms with Crippen LogP contribution in [0, 0.1) is 13.8 Å². The summed E-state index contributed by atoms with van der Waals surface area (Å²) in [6.45, 7) is 10.4. The third-order valence-corrected chi connectivity index (χ3v) is 3.05. The normalized spacial score (nSPS) is 12.5. The first-order valence-corrected chi connectivity index (χ1v) is 5.54. The molecule has 0 aromatic heterocycles. The van der Waals surface area contributed by atoms with Crippen molar-refractivity contribution in [1.29, 1.82) is 0 Å². The fourth-order valence-corrected chi connectivity index (χ4v) is 1.74. The van der Waals surface area contributed by atoms with Crippen LogP contribution in [0.1, 0.15) is 42.5 Å². The van der Waals surface area contributed by atoms with Crippen LogP contribution in [0.25, 0.3) is 0 Å². The minimum atomic E-state index is 0.0948. The molecule has 1 nitrogen and oxygen atoms in total. The van der Waals surface area contributed by atoms with Gasteiger partial charge in [-0.3, -0.25) is 0 Å². The van der Waals surface area contributed by atoms with Crippen LogP contribution in [-0.2, 0) is 0 Å². The smallest absolute Gasteiger partial charge is 0.0335 e. The predicted octanol–water partition coefficient (Wildman–Crippen LogP) is 3.66. The standard InChI is InChI=1S/C14H21N/c1-5-10(2)9-14(15)13-8-6-7-11(3)12(13)4/h6-8,14H,2,5,9,15H2,1,3-4H3. The molecule has 0 radical (unpaired) electrons. The Labute approximate surface area is 93.0 Å². The molecule has 2 N–H and O–H groups in total. The van der Waals surface area contributed by atoms with E-state index in [0.717, 1.165) is 12.8 Å². The van der Waals surface area contributed by atoms with Gasteiger partial charge in [-0.2, -0.15) is 0 Å². The highest BCUT2D eigenvalue weighted by molar-refractivity contribution is 5.35. The summed E-state index contributed by atoms with van der Waals surface area (Å²) >= 11 is 0. The van der Waals surface area contributed by atoms with E-state index in [0.29, 0.717) is 0 Å². The third kappa shape index (κ3) is 2.93. The third-order valence-electron chi connectivity index (χ3n) is 3.05. The maximum atomic E-state index is 6.18. The van der Waals surface area contributed by atoms with Gasteiger partial charge < -0.3 is 5.73 Å². The van der Waals surface area contributed by atoms with E-state index < -0.39 is 0 Å². The number of benzene rings is 1. The van der Waals surface area contributed by atoms with Crippen LogP contribution >= 0.6 is 0 Å². The summed E-state index contributed by atoms with van der Waals surface area (Å²) in [5, 5.41) is 0. The van der Waals surface area contributed by atoms with Crippen molar-refractivity contribution in [3.63, 3.8) is 0 Å². The molecule has 15 heavy (non-hydrogen) atoms. The van der Waals surface area contributed by atoms with Gasteiger partial charge >= 0.3 is 0 Å². The molecular formula is C14H21N. The average molecular weight is 203 g/mol. The fourth-order valence-electron chi connectivity index (χ4n) is 1.74. The van der Waals surface area contributed by atoms with Gasteiger partial charge in [-0.25, -0.2) is 0 Å². The molecular weight excluding hydrogens is 182 g/mol. The van der Waals surface area contributed by atoms with Crippen molar-refractivity contribution in [2.75, 3.05) is 0 Å². The number of rotatable bonds is 4. The van der Waals surface area contributed by atoms with Crippen molar-refractivity contribution < 1.29 is 0 Å². The van der Waals surface area contributed by atoms with Gasteiger partial charge in [0.1, 0.15) is 0 Å². The van der Waals surface area contributed by atoms with Gasteiger partial charge in [0.15, 0.2) is 0 Å². The topological polar surface area (TPSA) is 26.0 Å². The second-order valence-electron chi connectivity index (χ2n) is 4.20. The largest absolute Gasteiger partial charge is 0.324 e. The van der Waals surface area contributed by atoms with E-state index in [9.17, 15) is 0 Å². The summed E-state index contributed by atoms with van der Waals surface area (Å²) in [6, 6.07) is 6.42. The molecule has 0 aliphatic carbocycles. The molecule has 1 aromatic carbocycles. The molecule has 0 aliphatic rings. The molecule has 0 spiro atoms. The Morgan fingerprint density at radius 3 is 2.67 bits per heavy atom. The van der Waals surface area contributed by atoms with E-state index in [1.54, 1.807) is 0 Å². The molecule has 82 valence electrons. The molecule has 0 aliphatic heterocycles. The Hall–Kier alpha value is -1.08. The Balaban J connectivity index is 2.86. The lowest BCUT2D eigenvalue weighted by Crippen LogP contribution is -2.12. The van der Waals surface area contributed by atoms with Crippen LogP contribution < -0.4 is 5.73 Å². The first kappa shape index (κ1) is 12.0. The van der Waals surface area contributed by atoms with Crippen LogP contribution in [0.3, 0.4) is 0 Å². The molecule has 1 unspecified atom stereocenters. The summed E-state index contributed by atoms with van der Waals surface area (Å²) in [5.74, 6) is 0. The Kier molecular flexibility index (Phi) is 4.10. The van der Waals surface area contributed by atoms with Gasteiger partial charge in [-0.05, 0) is 43.4 Å². The maximum absolute atomic E-state index is 6.18. The van der Waals surface area contributed by atoms with Crippen LogP contribution in [0.2, 0.25) is 0 Å². The van der Waals surface area contributed by atoms with E-state index in [-0.39, 0.29) is 6.04 Å². The maximum Gasteiger partial charge on any atom is 0.0335 e. The molecule has 0 saturated heterocycles. The zero-order chi connectivity index (χ0) is 11.4. The number of aryl methyl sites for hydroxylation is 1. The summed E-state index contributed by atoms with van der Waals surface area (Å²) in [4.78, 5) is 0. The van der Waals surface area contributed by atoms with E-state index in [2.05, 4.69) is 45.5 Å². The minimum absolute atomic E-state index is 0.0948. The van der Waals surface area contributed by atoms with Gasteiger partial charge in [0.2, 0.25) is 0 Å². The Bertz CT molecular complexity index is 352. The highest BCUT2D eigenvalue weighted by Gasteiger charge is 2.10. The van der Waals surface area contributed by atoms with Crippen molar-refractivity contribution in [2.24, 2.45) is 5.73 Å². The predicted molar refractivity (Wildman–Crippen MR) is 66.9 cm³/mol. The number of hydrogen-bond acceptors (Lipinski definition) is 1. The highest BCUT2D eigenvalue weighted by atomic mass is 14.6. The molecule has 1 rings (SSSR count). The zero-order valence-electron chi connectivity index (χ0n) is 10.0. The van der Waals surface area contributed by atoms with Crippen LogP contribution in [0.15, 0.2) is 30.4 Å². The number of nitrogens with two attached hydrogens (primary N) is 1. The van der Waals surface area contributed by atoms with Gasteiger partial charge in [-0.15, -0.1) is 0 Å².